The maximum atomic E-state index is 9.72. The number of benzene rings is 1. The molecule has 0 aliphatic carbocycles. The lowest BCUT2D eigenvalue weighted by Gasteiger charge is -2.23. The van der Waals surface area contributed by atoms with Gasteiger partial charge in [-0.3, -0.25) is 0 Å². The predicted octanol–water partition coefficient (Wildman–Crippen LogP) is 2.93. The molecular weight excluding hydrogens is 434 g/mol. The first kappa shape index (κ1) is 21.5. The van der Waals surface area contributed by atoms with E-state index in [2.05, 4.69) is 39.4 Å². The van der Waals surface area contributed by atoms with Gasteiger partial charge in [-0.25, -0.2) is 4.68 Å². The summed E-state index contributed by atoms with van der Waals surface area (Å²) in [4.78, 5) is 8.80. The van der Waals surface area contributed by atoms with Crippen LogP contribution >= 0.6 is 11.6 Å². The number of nitrogens with one attached hydrogen (secondary N) is 1. The van der Waals surface area contributed by atoms with Crippen molar-refractivity contribution in [3.63, 3.8) is 0 Å². The molecule has 10 heteroatoms. The van der Waals surface area contributed by atoms with Gasteiger partial charge in [0.1, 0.15) is 30.2 Å². The summed E-state index contributed by atoms with van der Waals surface area (Å²) in [5, 5.41) is 18.5. The fourth-order valence-electron chi connectivity index (χ4n) is 4.44. The van der Waals surface area contributed by atoms with Crippen LogP contribution in [0.2, 0.25) is 5.28 Å². The van der Waals surface area contributed by atoms with Gasteiger partial charge in [-0.05, 0) is 37.9 Å². The van der Waals surface area contributed by atoms with Crippen molar-refractivity contribution < 1.29 is 19.3 Å². The minimum Gasteiger partial charge on any atom is -0.394 e. The van der Waals surface area contributed by atoms with Crippen molar-refractivity contribution in [2.24, 2.45) is 0 Å². The van der Waals surface area contributed by atoms with E-state index in [4.69, 9.17) is 25.8 Å². The molecule has 3 aromatic rings. The Bertz CT molecular complexity index is 1110. The number of aliphatic hydroxyl groups is 1. The minimum atomic E-state index is -0.729. The normalized spacial score (nSPS) is 27.5. The molecule has 5 atom stereocenters. The Kier molecular flexibility index (Phi) is 5.55. The van der Waals surface area contributed by atoms with E-state index in [0.29, 0.717) is 18.0 Å². The Morgan fingerprint density at radius 2 is 1.88 bits per heavy atom. The molecule has 4 heterocycles. The van der Waals surface area contributed by atoms with Crippen LogP contribution < -0.4 is 5.32 Å². The van der Waals surface area contributed by atoms with Crippen LogP contribution in [-0.2, 0) is 20.8 Å². The highest BCUT2D eigenvalue weighted by molar-refractivity contribution is 6.28. The van der Waals surface area contributed by atoms with Crippen LogP contribution in [0.5, 0.6) is 0 Å². The molecule has 1 aromatic carbocycles. The Hall–Kier alpha value is -2.30. The first-order valence-corrected chi connectivity index (χ1v) is 11.0. The van der Waals surface area contributed by atoms with Gasteiger partial charge in [0.2, 0.25) is 5.28 Å². The zero-order valence-corrected chi connectivity index (χ0v) is 18.9. The molecule has 0 amide bonds. The molecule has 2 aromatic heterocycles. The summed E-state index contributed by atoms with van der Waals surface area (Å²) in [6.07, 6.45) is 0.280. The van der Waals surface area contributed by atoms with Gasteiger partial charge in [0, 0.05) is 6.04 Å². The molecule has 1 unspecified atom stereocenters. The van der Waals surface area contributed by atoms with E-state index in [0.717, 1.165) is 10.9 Å². The van der Waals surface area contributed by atoms with Gasteiger partial charge in [0.05, 0.1) is 24.7 Å². The molecule has 170 valence electrons. The second kappa shape index (κ2) is 8.24. The Labute approximate surface area is 190 Å². The zero-order chi connectivity index (χ0) is 22.5. The molecule has 2 saturated heterocycles. The van der Waals surface area contributed by atoms with Crippen LogP contribution in [-0.4, -0.2) is 61.7 Å². The highest BCUT2D eigenvalue weighted by Gasteiger charge is 2.55. The van der Waals surface area contributed by atoms with Crippen LogP contribution in [0.4, 0.5) is 5.82 Å². The van der Waals surface area contributed by atoms with Crippen molar-refractivity contribution in [2.45, 2.75) is 63.6 Å². The predicted molar refractivity (Wildman–Crippen MR) is 118 cm³/mol. The number of aromatic nitrogens is 4. The number of nitrogens with zero attached hydrogens (tertiary/aromatic N) is 4. The van der Waals surface area contributed by atoms with Gasteiger partial charge in [-0.15, -0.1) is 0 Å². The maximum absolute atomic E-state index is 9.72. The van der Waals surface area contributed by atoms with E-state index in [1.807, 2.05) is 32.0 Å². The second-order valence-electron chi connectivity index (χ2n) is 8.64. The molecule has 5 rings (SSSR count). The van der Waals surface area contributed by atoms with Crippen LogP contribution in [0.15, 0.2) is 36.5 Å². The van der Waals surface area contributed by atoms with E-state index >= 15 is 0 Å². The van der Waals surface area contributed by atoms with Gasteiger partial charge < -0.3 is 24.6 Å². The van der Waals surface area contributed by atoms with Crippen molar-refractivity contribution in [3.05, 3.63) is 47.4 Å². The topological polar surface area (TPSA) is 104 Å². The molecule has 9 nitrogen and oxygen atoms in total. The fraction of sp³-hybridized carbons (Fsp3) is 0.500. The molecule has 2 aliphatic rings. The van der Waals surface area contributed by atoms with Crippen molar-refractivity contribution in [3.8, 4) is 0 Å². The first-order valence-electron chi connectivity index (χ1n) is 10.7. The van der Waals surface area contributed by atoms with Gasteiger partial charge in [-0.2, -0.15) is 15.1 Å². The van der Waals surface area contributed by atoms with Gasteiger partial charge in [-0.1, -0.05) is 30.3 Å². The molecule has 0 saturated carbocycles. The van der Waals surface area contributed by atoms with E-state index < -0.39 is 11.9 Å². The molecule has 2 N–H and O–H groups in total. The molecule has 0 bridgehead atoms. The lowest BCUT2D eigenvalue weighted by molar-refractivity contribution is -0.191. The van der Waals surface area contributed by atoms with Crippen molar-refractivity contribution >= 4 is 28.5 Å². The first-order chi connectivity index (χ1) is 15.3. The van der Waals surface area contributed by atoms with Crippen LogP contribution in [0.25, 0.3) is 11.0 Å². The summed E-state index contributed by atoms with van der Waals surface area (Å²) in [6, 6.07) is 10.1. The number of anilines is 1. The average Bonchev–Trinajstić information content (AvgIpc) is 3.40. The number of halogens is 1. The summed E-state index contributed by atoms with van der Waals surface area (Å²) < 4.78 is 19.8. The third-order valence-electron chi connectivity index (χ3n) is 5.90. The number of ether oxygens (including phenoxy) is 3. The average molecular weight is 460 g/mol. The molecule has 0 spiro atoms. The number of hydrogen-bond donors (Lipinski definition) is 2. The summed E-state index contributed by atoms with van der Waals surface area (Å²) in [7, 11) is 0. The second-order valence-corrected chi connectivity index (χ2v) is 8.98. The third kappa shape index (κ3) is 3.95. The van der Waals surface area contributed by atoms with E-state index in [9.17, 15) is 5.11 Å². The van der Waals surface area contributed by atoms with Crippen LogP contribution in [0, 0.1) is 0 Å². The quantitative estimate of drug-likeness (QED) is 0.542. The summed E-state index contributed by atoms with van der Waals surface area (Å²) in [5.41, 5.74) is 1.72. The van der Waals surface area contributed by atoms with Gasteiger partial charge in [0.25, 0.3) is 0 Å². The maximum Gasteiger partial charge on any atom is 0.226 e. The van der Waals surface area contributed by atoms with Crippen LogP contribution in [0.3, 0.4) is 0 Å². The summed E-state index contributed by atoms with van der Waals surface area (Å²) >= 11 is 6.26. The molecule has 32 heavy (non-hydrogen) atoms. The van der Waals surface area contributed by atoms with E-state index in [1.165, 1.54) is 0 Å². The third-order valence-corrected chi connectivity index (χ3v) is 6.07. The van der Waals surface area contributed by atoms with Gasteiger partial charge >= 0.3 is 0 Å². The number of aliphatic hydroxyl groups excluding tert-OH is 1. The number of hydrogen-bond acceptors (Lipinski definition) is 8. The molecule has 0 radical (unpaired) electrons. The Morgan fingerprint density at radius 1 is 1.16 bits per heavy atom. The van der Waals surface area contributed by atoms with Crippen molar-refractivity contribution in [2.75, 3.05) is 11.9 Å². The summed E-state index contributed by atoms with van der Waals surface area (Å²) in [6.45, 7) is 6.01. The Balaban J connectivity index is 1.41. The van der Waals surface area contributed by atoms with Crippen molar-refractivity contribution in [1.82, 2.24) is 19.7 Å². The zero-order valence-electron chi connectivity index (χ0n) is 18.1. The van der Waals surface area contributed by atoms with Crippen LogP contribution in [0.1, 0.15) is 32.4 Å². The fourth-order valence-corrected chi connectivity index (χ4v) is 4.60. The number of fused-ring (bicyclic) bond motifs is 2. The Morgan fingerprint density at radius 3 is 2.59 bits per heavy atom. The molecule has 2 aliphatic heterocycles. The van der Waals surface area contributed by atoms with E-state index in [1.54, 1.807) is 10.9 Å². The summed E-state index contributed by atoms with van der Waals surface area (Å²) in [5.74, 6) is -0.116. The molecular formula is C22H26ClN5O4. The molecule has 2 fully saturated rings. The lowest BCUT2D eigenvalue weighted by atomic mass is 10.1. The standard InChI is InChI=1S/C22H26ClN5O4/c1-12(13-7-5-4-6-8-13)25-19-14-9-24-28(20(14)27-21(23)26-19)10-15-17-18(16(11-29)30-15)32-22(2,3)31-17/h4-9,12,15-18,29H,10-11H2,1-3H3,(H,25,26,27)/t12?,15-,16-,17+,18-/m1/s1. The highest BCUT2D eigenvalue weighted by atomic mass is 35.5. The SMILES string of the molecule is CC(Nc1nc(Cl)nc2c1cnn2C[C@H]1O[C@H](CO)[C@H]2OC(C)(C)O[C@H]21)c1ccccc1. The smallest absolute Gasteiger partial charge is 0.226 e. The van der Waals surface area contributed by atoms with Gasteiger partial charge in [0.15, 0.2) is 11.4 Å². The van der Waals surface area contributed by atoms with E-state index in [-0.39, 0.29) is 36.2 Å². The highest BCUT2D eigenvalue weighted by Crippen LogP contribution is 2.39. The lowest BCUT2D eigenvalue weighted by Crippen LogP contribution is -2.33. The largest absolute Gasteiger partial charge is 0.394 e. The monoisotopic (exact) mass is 459 g/mol. The number of rotatable bonds is 6. The van der Waals surface area contributed by atoms with Crippen molar-refractivity contribution in [1.29, 1.82) is 0 Å². The minimum absolute atomic E-state index is 0.0178.